The van der Waals surface area contributed by atoms with Gasteiger partial charge in [0, 0.05) is 23.9 Å². The molecule has 1 unspecified atom stereocenters. The molecule has 26 heavy (non-hydrogen) atoms. The zero-order chi connectivity index (χ0) is 18.7. The van der Waals surface area contributed by atoms with Crippen LogP contribution in [0.4, 0.5) is 16.2 Å². The van der Waals surface area contributed by atoms with Gasteiger partial charge in [0.25, 0.3) is 0 Å². The molecule has 0 aliphatic carbocycles. The van der Waals surface area contributed by atoms with E-state index in [2.05, 4.69) is 25.3 Å². The van der Waals surface area contributed by atoms with Gasteiger partial charge in [0.05, 0.1) is 30.6 Å². The van der Waals surface area contributed by atoms with Crippen LogP contribution in [0, 0.1) is 0 Å². The number of aliphatic hydroxyl groups excluding tert-OH is 1. The number of imidazole rings is 1. The number of nitrogens with two attached hydrogens (primary N) is 1. The monoisotopic (exact) mass is 359 g/mol. The Morgan fingerprint density at radius 2 is 2.27 bits per heavy atom. The molecular formula is C17H21N5O4. The van der Waals surface area contributed by atoms with Crippen LogP contribution in [0.25, 0.3) is 11.3 Å². The molecule has 0 saturated carbocycles. The number of amides is 2. The topological polar surface area (TPSA) is 142 Å². The molecule has 2 amide bonds. The summed E-state index contributed by atoms with van der Waals surface area (Å²) in [6.45, 7) is 0. The molecule has 9 heteroatoms. The number of rotatable bonds is 1. The van der Waals surface area contributed by atoms with E-state index in [0.29, 0.717) is 41.3 Å². The van der Waals surface area contributed by atoms with Crippen molar-refractivity contribution in [3.63, 3.8) is 0 Å². The van der Waals surface area contributed by atoms with Crippen LogP contribution in [-0.4, -0.2) is 40.3 Å². The van der Waals surface area contributed by atoms with Crippen LogP contribution in [0.5, 0.6) is 0 Å². The van der Waals surface area contributed by atoms with E-state index >= 15 is 0 Å². The van der Waals surface area contributed by atoms with Crippen LogP contribution in [0.2, 0.25) is 0 Å². The molecule has 2 atom stereocenters. The van der Waals surface area contributed by atoms with E-state index in [4.69, 9.17) is 5.73 Å². The summed E-state index contributed by atoms with van der Waals surface area (Å²) in [5.74, 6) is 0.319. The Kier molecular flexibility index (Phi) is 5.19. The lowest BCUT2D eigenvalue weighted by Gasteiger charge is -2.17. The minimum absolute atomic E-state index is 0.154. The molecule has 0 spiro atoms. The maximum Gasteiger partial charge on any atom is 0.411 e. The Balaban J connectivity index is 2.01. The number of hydrogen-bond acceptors (Lipinski definition) is 6. The molecule has 6 N–H and O–H groups in total. The van der Waals surface area contributed by atoms with Crippen molar-refractivity contribution in [3.8, 4) is 11.3 Å². The van der Waals surface area contributed by atoms with Gasteiger partial charge in [-0.1, -0.05) is 0 Å². The molecule has 3 rings (SSSR count). The lowest BCUT2D eigenvalue weighted by atomic mass is 10.0. The van der Waals surface area contributed by atoms with Crippen LogP contribution < -0.4 is 16.4 Å². The smallest absolute Gasteiger partial charge is 0.411 e. The number of methoxy groups -OCH3 is 1. The number of carbonyl (C=O) groups excluding carboxylic acids is 2. The van der Waals surface area contributed by atoms with Crippen LogP contribution in [-0.2, 0) is 9.53 Å². The van der Waals surface area contributed by atoms with Gasteiger partial charge in [0.2, 0.25) is 5.91 Å². The van der Waals surface area contributed by atoms with E-state index in [0.717, 1.165) is 0 Å². The summed E-state index contributed by atoms with van der Waals surface area (Å²) in [5.41, 5.74) is 8.33. The predicted octanol–water partition coefficient (Wildman–Crippen LogP) is 1.74. The van der Waals surface area contributed by atoms with E-state index in [1.54, 1.807) is 24.4 Å². The van der Waals surface area contributed by atoms with Gasteiger partial charge in [-0.05, 0) is 31.0 Å². The summed E-state index contributed by atoms with van der Waals surface area (Å²) < 4.78 is 4.58. The van der Waals surface area contributed by atoms with Crippen molar-refractivity contribution in [2.24, 2.45) is 5.73 Å². The van der Waals surface area contributed by atoms with Crippen molar-refractivity contribution in [1.82, 2.24) is 9.97 Å². The number of aromatic nitrogens is 2. The molecule has 1 aromatic heterocycles. The third kappa shape index (κ3) is 4.01. The number of fused-ring (bicyclic) bond motifs is 4. The number of hydrogen-bond donors (Lipinski definition) is 5. The molecule has 2 bridgehead atoms. The van der Waals surface area contributed by atoms with Crippen molar-refractivity contribution < 1.29 is 19.4 Å². The first kappa shape index (κ1) is 17.9. The second kappa shape index (κ2) is 7.54. The highest BCUT2D eigenvalue weighted by atomic mass is 16.5. The standard InChI is InChI=1S/C17H21N5O4/c1-26-17(25)20-9-2-4-11-13(6-9)21-15(24)5-3-10(23)7-12(18)16-19-8-14(11)22-16/h2,4,6,8,10,12,23H,3,5,7,18H2,1H3,(H,19,22)(H,20,25)(H,21,24)/t10?,12-/m0/s1. The predicted molar refractivity (Wildman–Crippen MR) is 95.5 cm³/mol. The first-order valence-electron chi connectivity index (χ1n) is 8.24. The van der Waals surface area contributed by atoms with Gasteiger partial charge in [-0.25, -0.2) is 9.78 Å². The summed E-state index contributed by atoms with van der Waals surface area (Å²) >= 11 is 0. The summed E-state index contributed by atoms with van der Waals surface area (Å²) in [5, 5.41) is 15.4. The highest BCUT2D eigenvalue weighted by Gasteiger charge is 2.20. The van der Waals surface area contributed by atoms with Crippen LogP contribution in [0.3, 0.4) is 0 Å². The Hall–Kier alpha value is -2.91. The Labute approximate surface area is 150 Å². The normalized spacial score (nSPS) is 20.2. The fourth-order valence-electron chi connectivity index (χ4n) is 2.82. The number of H-pyrrole nitrogens is 1. The summed E-state index contributed by atoms with van der Waals surface area (Å²) in [4.78, 5) is 31.2. The number of nitrogens with one attached hydrogen (secondary N) is 3. The van der Waals surface area contributed by atoms with Crippen LogP contribution in [0.1, 0.15) is 31.1 Å². The summed E-state index contributed by atoms with van der Waals surface area (Å²) in [6, 6.07) is 4.60. The quantitative estimate of drug-likeness (QED) is 0.525. The first-order valence-corrected chi connectivity index (χ1v) is 8.24. The average Bonchev–Trinajstić information content (AvgIpc) is 3.09. The van der Waals surface area contributed by atoms with Gasteiger partial charge in [0.15, 0.2) is 0 Å². The Bertz CT molecular complexity index is 819. The van der Waals surface area contributed by atoms with E-state index in [-0.39, 0.29) is 12.3 Å². The molecule has 1 aliphatic rings. The number of aromatic amines is 1. The van der Waals surface area contributed by atoms with E-state index in [9.17, 15) is 14.7 Å². The lowest BCUT2D eigenvalue weighted by Crippen LogP contribution is -2.22. The maximum atomic E-state index is 12.2. The fraction of sp³-hybridized carbons (Fsp3) is 0.353. The van der Waals surface area contributed by atoms with Gasteiger partial charge >= 0.3 is 6.09 Å². The van der Waals surface area contributed by atoms with Gasteiger partial charge in [-0.15, -0.1) is 0 Å². The van der Waals surface area contributed by atoms with Crippen molar-refractivity contribution in [3.05, 3.63) is 30.2 Å². The van der Waals surface area contributed by atoms with Crippen molar-refractivity contribution >= 4 is 23.4 Å². The SMILES string of the molecule is COC(=O)Nc1ccc2c(c1)NC(=O)CCC(O)C[C@H](N)c1nc-2c[nH]1. The minimum atomic E-state index is -0.699. The molecule has 0 fully saturated rings. The van der Waals surface area contributed by atoms with Crippen molar-refractivity contribution in [1.29, 1.82) is 0 Å². The molecular weight excluding hydrogens is 338 g/mol. The zero-order valence-corrected chi connectivity index (χ0v) is 14.3. The van der Waals surface area contributed by atoms with Crippen LogP contribution in [0.15, 0.2) is 24.4 Å². The van der Waals surface area contributed by atoms with Gasteiger partial charge in [-0.3, -0.25) is 10.1 Å². The molecule has 9 nitrogen and oxygen atoms in total. The van der Waals surface area contributed by atoms with Crippen molar-refractivity contribution in [2.75, 3.05) is 17.7 Å². The molecule has 1 aromatic carbocycles. The lowest BCUT2D eigenvalue weighted by molar-refractivity contribution is -0.116. The largest absolute Gasteiger partial charge is 0.453 e. The number of ether oxygens (including phenoxy) is 1. The van der Waals surface area contributed by atoms with Crippen LogP contribution >= 0.6 is 0 Å². The molecule has 2 aromatic rings. The first-order chi connectivity index (χ1) is 12.5. The minimum Gasteiger partial charge on any atom is -0.453 e. The number of benzene rings is 1. The Morgan fingerprint density at radius 1 is 1.46 bits per heavy atom. The van der Waals surface area contributed by atoms with Gasteiger partial charge in [0.1, 0.15) is 5.82 Å². The van der Waals surface area contributed by atoms with E-state index in [1.165, 1.54) is 7.11 Å². The molecule has 0 saturated heterocycles. The number of aliphatic hydroxyl groups is 1. The Morgan fingerprint density at radius 3 is 3.04 bits per heavy atom. The molecule has 1 aliphatic heterocycles. The number of nitrogens with zero attached hydrogens (tertiary/aromatic N) is 1. The highest BCUT2D eigenvalue weighted by Crippen LogP contribution is 2.31. The van der Waals surface area contributed by atoms with Crippen molar-refractivity contribution in [2.45, 2.75) is 31.4 Å². The third-order valence-corrected chi connectivity index (χ3v) is 4.18. The highest BCUT2D eigenvalue weighted by molar-refractivity contribution is 5.97. The molecule has 2 heterocycles. The second-order valence-electron chi connectivity index (χ2n) is 6.13. The fourth-order valence-corrected chi connectivity index (χ4v) is 2.82. The summed E-state index contributed by atoms with van der Waals surface area (Å²) in [6.07, 6.45) is 1.15. The third-order valence-electron chi connectivity index (χ3n) is 4.18. The van der Waals surface area contributed by atoms with E-state index < -0.39 is 18.2 Å². The maximum absolute atomic E-state index is 12.2. The summed E-state index contributed by atoms with van der Waals surface area (Å²) in [7, 11) is 1.27. The van der Waals surface area contributed by atoms with Gasteiger partial charge < -0.3 is 25.9 Å². The zero-order valence-electron chi connectivity index (χ0n) is 14.3. The van der Waals surface area contributed by atoms with Gasteiger partial charge in [-0.2, -0.15) is 0 Å². The number of anilines is 2. The molecule has 0 radical (unpaired) electrons. The molecule has 138 valence electrons. The average molecular weight is 359 g/mol. The number of carbonyl (C=O) groups is 2. The second-order valence-corrected chi connectivity index (χ2v) is 6.13. The van der Waals surface area contributed by atoms with E-state index in [1.807, 2.05) is 0 Å².